The minimum absolute atomic E-state index is 0.474. The van der Waals surface area contributed by atoms with E-state index in [4.69, 9.17) is 0 Å². The second-order valence-corrected chi connectivity index (χ2v) is 6.63. The topological polar surface area (TPSA) is 55.6 Å². The van der Waals surface area contributed by atoms with Crippen molar-refractivity contribution in [2.24, 2.45) is 0 Å². The average molecular weight is 323 g/mol. The summed E-state index contributed by atoms with van der Waals surface area (Å²) in [5.41, 5.74) is 2.91. The second kappa shape index (κ2) is 6.42. The molecule has 6 heteroatoms. The van der Waals surface area contributed by atoms with E-state index >= 15 is 0 Å². The van der Waals surface area contributed by atoms with Crippen LogP contribution in [0.1, 0.15) is 6.42 Å². The van der Waals surface area contributed by atoms with Gasteiger partial charge in [0.2, 0.25) is 5.95 Å². The molecule has 116 valence electrons. The number of thioether (sulfide) groups is 1. The van der Waals surface area contributed by atoms with Crippen molar-refractivity contribution >= 4 is 17.7 Å². The van der Waals surface area contributed by atoms with E-state index in [1.165, 1.54) is 12.2 Å². The van der Waals surface area contributed by atoms with Crippen LogP contribution in [0.15, 0.2) is 55.0 Å². The highest BCUT2D eigenvalue weighted by atomic mass is 32.2. The zero-order chi connectivity index (χ0) is 15.5. The third-order valence-corrected chi connectivity index (χ3v) is 4.98. The van der Waals surface area contributed by atoms with Crippen molar-refractivity contribution in [3.05, 3.63) is 55.0 Å². The molecule has 1 aliphatic rings. The lowest BCUT2D eigenvalue weighted by molar-refractivity contribution is 0.798. The van der Waals surface area contributed by atoms with Crippen molar-refractivity contribution in [3.63, 3.8) is 0 Å². The Labute approximate surface area is 139 Å². The van der Waals surface area contributed by atoms with Crippen LogP contribution in [0.3, 0.4) is 0 Å². The minimum Gasteiger partial charge on any atom is -0.351 e. The summed E-state index contributed by atoms with van der Waals surface area (Å²) in [6.45, 7) is 0. The molecule has 1 fully saturated rings. The number of aromatic nitrogens is 4. The van der Waals surface area contributed by atoms with Crippen LogP contribution >= 0.6 is 11.8 Å². The van der Waals surface area contributed by atoms with Gasteiger partial charge in [-0.2, -0.15) is 16.9 Å². The molecule has 0 amide bonds. The summed E-state index contributed by atoms with van der Waals surface area (Å²) in [7, 11) is 0. The third-order valence-electron chi connectivity index (χ3n) is 3.82. The Hall–Kier alpha value is -2.34. The predicted octanol–water partition coefficient (Wildman–Crippen LogP) is 3.25. The van der Waals surface area contributed by atoms with E-state index in [0.29, 0.717) is 12.0 Å². The molecule has 1 aliphatic heterocycles. The Balaban J connectivity index is 1.57. The summed E-state index contributed by atoms with van der Waals surface area (Å²) in [6, 6.07) is 12.5. The summed E-state index contributed by atoms with van der Waals surface area (Å²) in [5.74, 6) is 3.03. The summed E-state index contributed by atoms with van der Waals surface area (Å²) in [5, 5.41) is 7.85. The predicted molar refractivity (Wildman–Crippen MR) is 93.9 cm³/mol. The Morgan fingerprint density at radius 2 is 2.09 bits per heavy atom. The maximum Gasteiger partial charge on any atom is 0.223 e. The molecule has 0 saturated carbocycles. The van der Waals surface area contributed by atoms with Gasteiger partial charge in [-0.05, 0) is 30.4 Å². The molecular formula is C17H17N5S. The molecule has 4 rings (SSSR count). The largest absolute Gasteiger partial charge is 0.351 e. The molecule has 0 radical (unpaired) electrons. The molecule has 3 heterocycles. The zero-order valence-corrected chi connectivity index (χ0v) is 13.4. The number of benzene rings is 1. The quantitative estimate of drug-likeness (QED) is 0.799. The molecule has 23 heavy (non-hydrogen) atoms. The Morgan fingerprint density at radius 3 is 2.91 bits per heavy atom. The lowest BCUT2D eigenvalue weighted by atomic mass is 10.2. The summed E-state index contributed by atoms with van der Waals surface area (Å²) in [6.07, 6.45) is 6.80. The zero-order valence-electron chi connectivity index (χ0n) is 12.6. The fourth-order valence-corrected chi connectivity index (χ4v) is 3.75. The minimum atomic E-state index is 0.474. The van der Waals surface area contributed by atoms with Crippen LogP contribution in [0.2, 0.25) is 0 Å². The number of hydrogen-bond donors (Lipinski definition) is 1. The molecule has 0 bridgehead atoms. The van der Waals surface area contributed by atoms with Crippen LogP contribution in [-0.2, 0) is 0 Å². The maximum atomic E-state index is 4.63. The lowest BCUT2D eigenvalue weighted by Gasteiger charge is -2.11. The number of rotatable bonds is 4. The van der Waals surface area contributed by atoms with Gasteiger partial charge in [-0.25, -0.2) is 14.6 Å². The SMILES string of the molecule is c1ccc(-n2cc(-c3ccnc(N[C@H]4CCSC4)n3)cn2)cc1. The van der Waals surface area contributed by atoms with E-state index in [2.05, 4.69) is 20.4 Å². The highest BCUT2D eigenvalue weighted by Gasteiger charge is 2.16. The van der Waals surface area contributed by atoms with Gasteiger partial charge >= 0.3 is 0 Å². The lowest BCUT2D eigenvalue weighted by Crippen LogP contribution is -2.19. The van der Waals surface area contributed by atoms with Crippen LogP contribution < -0.4 is 5.32 Å². The molecular weight excluding hydrogens is 306 g/mol. The van der Waals surface area contributed by atoms with E-state index in [-0.39, 0.29) is 0 Å². The van der Waals surface area contributed by atoms with Crippen LogP contribution in [0.5, 0.6) is 0 Å². The number of nitrogens with zero attached hydrogens (tertiary/aromatic N) is 4. The van der Waals surface area contributed by atoms with Gasteiger partial charge in [0.15, 0.2) is 0 Å². The number of hydrogen-bond acceptors (Lipinski definition) is 5. The molecule has 1 N–H and O–H groups in total. The van der Waals surface area contributed by atoms with Crippen molar-refractivity contribution in [2.45, 2.75) is 12.5 Å². The first kappa shape index (κ1) is 14.3. The van der Waals surface area contributed by atoms with E-state index in [1.54, 1.807) is 6.20 Å². The molecule has 1 atom stereocenters. The van der Waals surface area contributed by atoms with Gasteiger partial charge in [0.1, 0.15) is 0 Å². The van der Waals surface area contributed by atoms with Crippen molar-refractivity contribution in [1.29, 1.82) is 0 Å². The van der Waals surface area contributed by atoms with Crippen LogP contribution in [0, 0.1) is 0 Å². The fraction of sp³-hybridized carbons (Fsp3) is 0.235. The number of nitrogens with one attached hydrogen (secondary N) is 1. The smallest absolute Gasteiger partial charge is 0.223 e. The van der Waals surface area contributed by atoms with Crippen LogP contribution in [0.4, 0.5) is 5.95 Å². The molecule has 2 aromatic heterocycles. The van der Waals surface area contributed by atoms with E-state index in [0.717, 1.165) is 22.7 Å². The maximum absolute atomic E-state index is 4.63. The molecule has 0 spiro atoms. The van der Waals surface area contributed by atoms with Crippen LogP contribution in [-0.4, -0.2) is 37.3 Å². The molecule has 1 saturated heterocycles. The van der Waals surface area contributed by atoms with Crippen molar-refractivity contribution in [2.75, 3.05) is 16.8 Å². The molecule has 1 aromatic carbocycles. The number of para-hydroxylation sites is 1. The van der Waals surface area contributed by atoms with Gasteiger partial charge < -0.3 is 5.32 Å². The standard InChI is InChI=1S/C17H17N5S/c1-2-4-15(5-3-1)22-11-13(10-19-22)16-6-8-18-17(21-16)20-14-7-9-23-12-14/h1-6,8,10-11,14H,7,9,12H2,(H,18,20,21)/t14-/m0/s1. The van der Waals surface area contributed by atoms with E-state index in [1.807, 2.05) is 65.2 Å². The first-order valence-electron chi connectivity index (χ1n) is 7.66. The van der Waals surface area contributed by atoms with Gasteiger partial charge in [-0.3, -0.25) is 0 Å². The Kier molecular flexibility index (Phi) is 3.98. The molecule has 0 aliphatic carbocycles. The third kappa shape index (κ3) is 3.22. The fourth-order valence-electron chi connectivity index (χ4n) is 2.60. The molecule has 0 unspecified atom stereocenters. The van der Waals surface area contributed by atoms with Crippen molar-refractivity contribution in [3.8, 4) is 16.9 Å². The van der Waals surface area contributed by atoms with Gasteiger partial charge in [-0.1, -0.05) is 18.2 Å². The van der Waals surface area contributed by atoms with E-state index in [9.17, 15) is 0 Å². The highest BCUT2D eigenvalue weighted by molar-refractivity contribution is 7.99. The normalized spacial score (nSPS) is 17.3. The van der Waals surface area contributed by atoms with Crippen molar-refractivity contribution < 1.29 is 0 Å². The number of anilines is 1. The Morgan fingerprint density at radius 1 is 1.17 bits per heavy atom. The highest BCUT2D eigenvalue weighted by Crippen LogP contribution is 2.22. The summed E-state index contributed by atoms with van der Waals surface area (Å²) in [4.78, 5) is 8.96. The first-order chi connectivity index (χ1) is 11.4. The molecule has 3 aromatic rings. The van der Waals surface area contributed by atoms with Gasteiger partial charge in [-0.15, -0.1) is 0 Å². The Bertz CT molecular complexity index is 780. The summed E-state index contributed by atoms with van der Waals surface area (Å²) >= 11 is 1.97. The molecule has 5 nitrogen and oxygen atoms in total. The first-order valence-corrected chi connectivity index (χ1v) is 8.82. The van der Waals surface area contributed by atoms with Crippen molar-refractivity contribution in [1.82, 2.24) is 19.7 Å². The second-order valence-electron chi connectivity index (χ2n) is 5.48. The van der Waals surface area contributed by atoms with Gasteiger partial charge in [0.05, 0.1) is 17.6 Å². The van der Waals surface area contributed by atoms with Gasteiger partial charge in [0.25, 0.3) is 0 Å². The van der Waals surface area contributed by atoms with Gasteiger partial charge in [0, 0.05) is 29.8 Å². The monoisotopic (exact) mass is 323 g/mol. The van der Waals surface area contributed by atoms with Crippen LogP contribution in [0.25, 0.3) is 16.9 Å². The van der Waals surface area contributed by atoms with E-state index < -0.39 is 0 Å². The average Bonchev–Trinajstić information content (AvgIpc) is 3.28. The summed E-state index contributed by atoms with van der Waals surface area (Å²) < 4.78 is 1.86.